The average molecular weight is 460 g/mol. The van der Waals surface area contributed by atoms with Gasteiger partial charge in [-0.15, -0.1) is 0 Å². The number of imidazole rings is 1. The summed E-state index contributed by atoms with van der Waals surface area (Å²) in [5.41, 5.74) is 1.60. The summed E-state index contributed by atoms with van der Waals surface area (Å²) in [5.74, 6) is -0.260. The number of nitrogens with one attached hydrogen (secondary N) is 1. The highest BCUT2D eigenvalue weighted by atomic mass is 79.9. The van der Waals surface area contributed by atoms with Crippen LogP contribution in [-0.2, 0) is 6.54 Å². The molecular weight excluding hydrogens is 446 g/mol. The lowest BCUT2D eigenvalue weighted by Gasteiger charge is -2.02. The van der Waals surface area contributed by atoms with Gasteiger partial charge in [-0.2, -0.15) is 8.97 Å². The number of amides is 1. The maximum absolute atomic E-state index is 12.9. The molecule has 4 aromatic rings. The molecular formula is C19H14BrClN5O2+. The Hall–Kier alpha value is -2.97. The van der Waals surface area contributed by atoms with Gasteiger partial charge in [0.05, 0.1) is 6.20 Å². The van der Waals surface area contributed by atoms with Crippen LogP contribution in [0.4, 0.5) is 5.82 Å². The van der Waals surface area contributed by atoms with Gasteiger partial charge >= 0.3 is 11.8 Å². The van der Waals surface area contributed by atoms with Crippen LogP contribution in [0.1, 0.15) is 16.1 Å². The second-order valence-electron chi connectivity index (χ2n) is 5.98. The summed E-state index contributed by atoms with van der Waals surface area (Å²) >= 11 is 9.11. The van der Waals surface area contributed by atoms with Crippen LogP contribution in [0.2, 0.25) is 5.15 Å². The van der Waals surface area contributed by atoms with E-state index in [1.165, 1.54) is 0 Å². The van der Waals surface area contributed by atoms with Crippen molar-refractivity contribution in [3.05, 3.63) is 81.9 Å². The molecule has 28 heavy (non-hydrogen) atoms. The molecule has 0 aliphatic heterocycles. The van der Waals surface area contributed by atoms with Gasteiger partial charge in [0.15, 0.2) is 0 Å². The Labute approximate surface area is 173 Å². The van der Waals surface area contributed by atoms with E-state index in [0.717, 1.165) is 5.56 Å². The van der Waals surface area contributed by atoms with Crippen LogP contribution in [0.5, 0.6) is 5.88 Å². The summed E-state index contributed by atoms with van der Waals surface area (Å²) in [7, 11) is 0. The second-order valence-corrected chi connectivity index (χ2v) is 7.18. The number of hydrogen-bond donors (Lipinski definition) is 2. The van der Waals surface area contributed by atoms with Crippen molar-refractivity contribution in [1.82, 2.24) is 14.4 Å². The Morgan fingerprint density at radius 2 is 2.07 bits per heavy atom. The number of anilines is 1. The second kappa shape index (κ2) is 7.57. The number of rotatable bonds is 4. The average Bonchev–Trinajstić information content (AvgIpc) is 2.95. The van der Waals surface area contributed by atoms with Crippen molar-refractivity contribution >= 4 is 44.9 Å². The summed E-state index contributed by atoms with van der Waals surface area (Å²) < 4.78 is 3.86. The van der Waals surface area contributed by atoms with Crippen LogP contribution < -0.4 is 9.88 Å². The number of aromatic nitrogens is 4. The minimum absolute atomic E-state index is 0.110. The van der Waals surface area contributed by atoms with Crippen LogP contribution in [0.15, 0.2) is 65.5 Å². The van der Waals surface area contributed by atoms with E-state index >= 15 is 0 Å². The molecule has 0 atom stereocenters. The van der Waals surface area contributed by atoms with Crippen molar-refractivity contribution in [3.8, 4) is 5.88 Å². The van der Waals surface area contributed by atoms with E-state index in [0.29, 0.717) is 27.8 Å². The van der Waals surface area contributed by atoms with Crippen LogP contribution in [0.25, 0.3) is 5.65 Å². The molecule has 0 spiro atoms. The molecule has 140 valence electrons. The van der Waals surface area contributed by atoms with Gasteiger partial charge in [-0.05, 0) is 40.2 Å². The van der Waals surface area contributed by atoms with E-state index in [1.54, 1.807) is 51.7 Å². The quantitative estimate of drug-likeness (QED) is 0.362. The lowest BCUT2D eigenvalue weighted by molar-refractivity contribution is -0.668. The fourth-order valence-electron chi connectivity index (χ4n) is 2.89. The van der Waals surface area contributed by atoms with Crippen molar-refractivity contribution < 1.29 is 14.5 Å². The topological polar surface area (TPSA) is 83.4 Å². The van der Waals surface area contributed by atoms with E-state index in [2.05, 4.69) is 31.2 Å². The minimum atomic E-state index is -0.475. The predicted octanol–water partition coefficient (Wildman–Crippen LogP) is 3.44. The highest BCUT2D eigenvalue weighted by Crippen LogP contribution is 2.20. The number of halogens is 2. The number of carbonyl (C=O) groups is 1. The van der Waals surface area contributed by atoms with Crippen LogP contribution in [-0.4, -0.2) is 25.4 Å². The normalized spacial score (nSPS) is 10.9. The highest BCUT2D eigenvalue weighted by molar-refractivity contribution is 9.10. The Morgan fingerprint density at radius 3 is 2.82 bits per heavy atom. The van der Waals surface area contributed by atoms with E-state index in [9.17, 15) is 9.90 Å². The number of hydrogen-bond acceptors (Lipinski definition) is 4. The zero-order valence-electron chi connectivity index (χ0n) is 14.4. The first-order chi connectivity index (χ1) is 13.5. The SMILES string of the molecule is O=C(Nc1cccc(Br)n1)c1c(O)[n+](Cc2ccc(Cl)nc2)c2ccccn12. The predicted molar refractivity (Wildman–Crippen MR) is 107 cm³/mol. The first kappa shape index (κ1) is 18.4. The van der Waals surface area contributed by atoms with Gasteiger partial charge in [-0.25, -0.2) is 9.97 Å². The fraction of sp³-hybridized carbons (Fsp3) is 0.0526. The molecule has 4 rings (SSSR count). The first-order valence-corrected chi connectivity index (χ1v) is 9.46. The van der Waals surface area contributed by atoms with E-state index in [-0.39, 0.29) is 11.6 Å². The summed E-state index contributed by atoms with van der Waals surface area (Å²) in [6.07, 6.45) is 3.35. The molecule has 0 aromatic carbocycles. The maximum Gasteiger partial charge on any atom is 0.337 e. The van der Waals surface area contributed by atoms with Gasteiger partial charge < -0.3 is 10.4 Å². The monoisotopic (exact) mass is 458 g/mol. The third kappa shape index (κ3) is 3.56. The molecule has 0 saturated heterocycles. The molecule has 0 fully saturated rings. The van der Waals surface area contributed by atoms with Crippen molar-refractivity contribution in [1.29, 1.82) is 0 Å². The number of carbonyl (C=O) groups excluding carboxylic acids is 1. The molecule has 9 heteroatoms. The molecule has 2 N–H and O–H groups in total. The van der Waals surface area contributed by atoms with E-state index in [4.69, 9.17) is 11.6 Å². The van der Waals surface area contributed by atoms with E-state index in [1.807, 2.05) is 18.2 Å². The Kier molecular flexibility index (Phi) is 4.97. The van der Waals surface area contributed by atoms with Crippen LogP contribution in [0, 0.1) is 0 Å². The van der Waals surface area contributed by atoms with Crippen molar-refractivity contribution in [3.63, 3.8) is 0 Å². The molecule has 0 aliphatic rings. The van der Waals surface area contributed by atoms with Gasteiger partial charge in [0.2, 0.25) is 0 Å². The smallest absolute Gasteiger partial charge is 0.337 e. The summed E-state index contributed by atoms with van der Waals surface area (Å²) in [6.45, 7) is 0.325. The molecule has 0 bridgehead atoms. The molecule has 0 saturated carbocycles. The van der Waals surface area contributed by atoms with Crippen LogP contribution in [0.3, 0.4) is 0 Å². The molecule has 0 unspecified atom stereocenters. The maximum atomic E-state index is 12.9. The molecule has 4 heterocycles. The molecule has 4 aromatic heterocycles. The van der Waals surface area contributed by atoms with Crippen molar-refractivity contribution in [2.75, 3.05) is 5.32 Å². The zero-order valence-corrected chi connectivity index (χ0v) is 16.7. The lowest BCUT2D eigenvalue weighted by atomic mass is 10.3. The number of pyridine rings is 3. The van der Waals surface area contributed by atoms with Gasteiger partial charge in [0.25, 0.3) is 11.3 Å². The highest BCUT2D eigenvalue weighted by Gasteiger charge is 2.31. The largest absolute Gasteiger partial charge is 0.474 e. The molecule has 1 amide bonds. The van der Waals surface area contributed by atoms with Crippen molar-refractivity contribution in [2.24, 2.45) is 0 Å². The Morgan fingerprint density at radius 1 is 1.21 bits per heavy atom. The van der Waals surface area contributed by atoms with Gasteiger partial charge in [0, 0.05) is 17.8 Å². The Bertz CT molecular complexity index is 1180. The number of aromatic hydroxyl groups is 1. The van der Waals surface area contributed by atoms with Gasteiger partial charge in [-0.1, -0.05) is 29.8 Å². The third-order valence-electron chi connectivity index (χ3n) is 4.12. The lowest BCUT2D eigenvalue weighted by Crippen LogP contribution is -2.33. The Balaban J connectivity index is 1.75. The van der Waals surface area contributed by atoms with Gasteiger partial charge in [0.1, 0.15) is 22.1 Å². The molecule has 0 aliphatic carbocycles. The van der Waals surface area contributed by atoms with E-state index < -0.39 is 5.91 Å². The summed E-state index contributed by atoms with van der Waals surface area (Å²) in [4.78, 5) is 21.1. The fourth-order valence-corrected chi connectivity index (χ4v) is 3.35. The zero-order chi connectivity index (χ0) is 19.7. The van der Waals surface area contributed by atoms with Gasteiger partial charge in [-0.3, -0.25) is 4.79 Å². The standard InChI is InChI=1S/C19H13BrClN5O2/c20-13-4-3-5-15(23-13)24-18(27)17-19(28)26(16-6-1-2-9-25(16)17)11-12-7-8-14(21)22-10-12/h1-10H,11H2,(H-,23,24,27,28)/p+1. The summed E-state index contributed by atoms with van der Waals surface area (Å²) in [6, 6.07) is 14.1. The minimum Gasteiger partial charge on any atom is -0.474 e. The van der Waals surface area contributed by atoms with Crippen molar-refractivity contribution in [2.45, 2.75) is 6.54 Å². The van der Waals surface area contributed by atoms with Crippen LogP contribution >= 0.6 is 27.5 Å². The summed E-state index contributed by atoms with van der Waals surface area (Å²) in [5, 5.41) is 13.9. The third-order valence-corrected chi connectivity index (χ3v) is 4.79. The molecule has 7 nitrogen and oxygen atoms in total. The first-order valence-electron chi connectivity index (χ1n) is 8.29. The number of fused-ring (bicyclic) bond motifs is 1. The number of nitrogens with zero attached hydrogens (tertiary/aromatic N) is 4. The molecule has 0 radical (unpaired) electrons.